The Morgan fingerprint density at radius 2 is 2.27 bits per heavy atom. The Kier molecular flexibility index (Phi) is 2.57. The predicted octanol–water partition coefficient (Wildman–Crippen LogP) is 1.85. The molecule has 0 spiro atoms. The summed E-state index contributed by atoms with van der Waals surface area (Å²) in [6.45, 7) is 0. The number of nitriles is 1. The maximum atomic E-state index is 13.0. The lowest BCUT2D eigenvalue weighted by Gasteiger charge is -2.11. The number of aromatic hydroxyl groups is 1. The minimum Gasteiger partial charge on any atom is -0.505 e. The van der Waals surface area contributed by atoms with E-state index in [1.54, 1.807) is 6.07 Å². The lowest BCUT2D eigenvalue weighted by Crippen LogP contribution is -2.22. The molecule has 1 aromatic rings. The van der Waals surface area contributed by atoms with Gasteiger partial charge in [0.25, 0.3) is 0 Å². The van der Waals surface area contributed by atoms with Crippen LogP contribution in [0.5, 0.6) is 5.75 Å². The lowest BCUT2D eigenvalue weighted by molar-refractivity contribution is 0.431. The number of benzene rings is 1. The molecule has 1 saturated carbocycles. The molecule has 3 nitrogen and oxygen atoms in total. The van der Waals surface area contributed by atoms with Gasteiger partial charge in [-0.2, -0.15) is 5.26 Å². The Labute approximate surface area is 87.2 Å². The quantitative estimate of drug-likeness (QED) is 0.793. The van der Waals surface area contributed by atoms with E-state index < -0.39 is 11.9 Å². The largest absolute Gasteiger partial charge is 0.505 e. The fourth-order valence-corrected chi connectivity index (χ4v) is 1.40. The fourth-order valence-electron chi connectivity index (χ4n) is 1.40. The van der Waals surface area contributed by atoms with Crippen molar-refractivity contribution in [1.82, 2.24) is 5.32 Å². The number of nitrogens with one attached hydrogen (secondary N) is 1. The first kappa shape index (κ1) is 9.94. The Morgan fingerprint density at radius 1 is 1.53 bits per heavy atom. The summed E-state index contributed by atoms with van der Waals surface area (Å²) in [6, 6.07) is 5.98. The second kappa shape index (κ2) is 3.87. The van der Waals surface area contributed by atoms with Crippen molar-refractivity contribution in [2.24, 2.45) is 0 Å². The third kappa shape index (κ3) is 2.25. The number of hydrogen-bond donors (Lipinski definition) is 2. The topological polar surface area (TPSA) is 56.0 Å². The zero-order valence-corrected chi connectivity index (χ0v) is 8.07. The minimum absolute atomic E-state index is 0.381. The van der Waals surface area contributed by atoms with Crippen LogP contribution in [0.1, 0.15) is 24.4 Å². The molecule has 1 fully saturated rings. The number of phenols is 1. The second-order valence-corrected chi connectivity index (χ2v) is 3.71. The van der Waals surface area contributed by atoms with Crippen molar-refractivity contribution in [3.05, 3.63) is 29.6 Å². The van der Waals surface area contributed by atoms with Crippen molar-refractivity contribution in [1.29, 1.82) is 5.26 Å². The zero-order valence-electron chi connectivity index (χ0n) is 8.07. The molecule has 0 heterocycles. The van der Waals surface area contributed by atoms with Crippen LogP contribution in [0.25, 0.3) is 0 Å². The number of rotatable bonds is 3. The first-order chi connectivity index (χ1) is 7.20. The smallest absolute Gasteiger partial charge is 0.165 e. The van der Waals surface area contributed by atoms with E-state index in [0.29, 0.717) is 11.6 Å². The summed E-state index contributed by atoms with van der Waals surface area (Å²) in [5.41, 5.74) is 0.555. The van der Waals surface area contributed by atoms with Gasteiger partial charge in [-0.25, -0.2) is 4.39 Å². The van der Waals surface area contributed by atoms with Crippen LogP contribution < -0.4 is 5.32 Å². The molecule has 1 aromatic carbocycles. The molecule has 1 aliphatic rings. The van der Waals surface area contributed by atoms with Crippen molar-refractivity contribution in [2.45, 2.75) is 24.9 Å². The van der Waals surface area contributed by atoms with Gasteiger partial charge in [0.2, 0.25) is 0 Å². The molecule has 0 radical (unpaired) electrons. The summed E-state index contributed by atoms with van der Waals surface area (Å²) in [7, 11) is 0. The van der Waals surface area contributed by atoms with Gasteiger partial charge in [0.1, 0.15) is 6.04 Å². The molecule has 0 saturated heterocycles. The van der Waals surface area contributed by atoms with Gasteiger partial charge < -0.3 is 5.11 Å². The minimum atomic E-state index is -0.689. The Hall–Kier alpha value is -1.60. The molecule has 1 unspecified atom stereocenters. The summed E-state index contributed by atoms with van der Waals surface area (Å²) in [5.74, 6) is -1.08. The van der Waals surface area contributed by atoms with Crippen LogP contribution in [0.15, 0.2) is 18.2 Å². The van der Waals surface area contributed by atoms with Gasteiger partial charge >= 0.3 is 0 Å². The molecule has 2 rings (SSSR count). The van der Waals surface area contributed by atoms with Crippen LogP contribution in [0.3, 0.4) is 0 Å². The van der Waals surface area contributed by atoms with Gasteiger partial charge in [-0.05, 0) is 30.5 Å². The van der Waals surface area contributed by atoms with Crippen LogP contribution in [-0.4, -0.2) is 11.1 Å². The molecule has 0 aromatic heterocycles. The van der Waals surface area contributed by atoms with Crippen LogP contribution in [0.2, 0.25) is 0 Å². The normalized spacial score (nSPS) is 17.1. The average Bonchev–Trinajstić information content (AvgIpc) is 3.02. The van der Waals surface area contributed by atoms with Crippen molar-refractivity contribution in [3.63, 3.8) is 0 Å². The third-order valence-electron chi connectivity index (χ3n) is 2.41. The van der Waals surface area contributed by atoms with Gasteiger partial charge in [0.05, 0.1) is 6.07 Å². The maximum absolute atomic E-state index is 13.0. The van der Waals surface area contributed by atoms with Crippen LogP contribution in [0.4, 0.5) is 4.39 Å². The summed E-state index contributed by atoms with van der Waals surface area (Å²) in [6.07, 6.45) is 2.14. The van der Waals surface area contributed by atoms with Crippen LogP contribution >= 0.6 is 0 Å². The molecular formula is C11H11FN2O. The molecule has 78 valence electrons. The number of phenolic OH excluding ortho intramolecular Hbond substituents is 1. The first-order valence-electron chi connectivity index (χ1n) is 4.85. The van der Waals surface area contributed by atoms with Crippen LogP contribution in [0, 0.1) is 17.1 Å². The van der Waals surface area contributed by atoms with Crippen molar-refractivity contribution in [2.75, 3.05) is 0 Å². The molecule has 15 heavy (non-hydrogen) atoms. The zero-order chi connectivity index (χ0) is 10.8. The van der Waals surface area contributed by atoms with Crippen molar-refractivity contribution < 1.29 is 9.50 Å². The Balaban J connectivity index is 2.18. The SMILES string of the molecule is N#CC(NC1CC1)c1ccc(O)c(F)c1. The molecule has 4 heteroatoms. The molecule has 0 aliphatic heterocycles. The summed E-state index contributed by atoms with van der Waals surface area (Å²) < 4.78 is 13.0. The van der Waals surface area contributed by atoms with Gasteiger partial charge in [-0.15, -0.1) is 0 Å². The van der Waals surface area contributed by atoms with Crippen molar-refractivity contribution >= 4 is 0 Å². The summed E-state index contributed by atoms with van der Waals surface area (Å²) in [4.78, 5) is 0. The predicted molar refractivity (Wildman–Crippen MR) is 52.6 cm³/mol. The molecule has 0 bridgehead atoms. The summed E-state index contributed by atoms with van der Waals surface area (Å²) >= 11 is 0. The van der Waals surface area contributed by atoms with Gasteiger partial charge in [-0.1, -0.05) is 6.07 Å². The molecule has 1 aliphatic carbocycles. The van der Waals surface area contributed by atoms with Gasteiger partial charge in [0, 0.05) is 6.04 Å². The van der Waals surface area contributed by atoms with E-state index in [1.807, 2.05) is 0 Å². The number of halogens is 1. The highest BCUT2D eigenvalue weighted by Gasteiger charge is 2.25. The van der Waals surface area contributed by atoms with E-state index >= 15 is 0 Å². The second-order valence-electron chi connectivity index (χ2n) is 3.71. The van der Waals surface area contributed by atoms with E-state index in [-0.39, 0.29) is 5.75 Å². The molecule has 0 amide bonds. The average molecular weight is 206 g/mol. The van der Waals surface area contributed by atoms with Crippen LogP contribution in [-0.2, 0) is 0 Å². The first-order valence-corrected chi connectivity index (χ1v) is 4.85. The number of nitrogens with zero attached hydrogens (tertiary/aromatic N) is 1. The maximum Gasteiger partial charge on any atom is 0.165 e. The van der Waals surface area contributed by atoms with Gasteiger partial charge in [0.15, 0.2) is 11.6 Å². The number of hydrogen-bond acceptors (Lipinski definition) is 3. The molecule has 2 N–H and O–H groups in total. The van der Waals surface area contributed by atoms with E-state index in [0.717, 1.165) is 12.8 Å². The highest BCUT2D eigenvalue weighted by atomic mass is 19.1. The third-order valence-corrected chi connectivity index (χ3v) is 2.41. The Morgan fingerprint density at radius 3 is 2.80 bits per heavy atom. The molecular weight excluding hydrogens is 195 g/mol. The Bertz CT molecular complexity index is 410. The highest BCUT2D eigenvalue weighted by Crippen LogP contribution is 2.25. The lowest BCUT2D eigenvalue weighted by atomic mass is 10.1. The van der Waals surface area contributed by atoms with Gasteiger partial charge in [-0.3, -0.25) is 5.32 Å². The van der Waals surface area contributed by atoms with Crippen molar-refractivity contribution in [3.8, 4) is 11.8 Å². The van der Waals surface area contributed by atoms with E-state index in [4.69, 9.17) is 10.4 Å². The van der Waals surface area contributed by atoms with E-state index in [1.165, 1.54) is 12.1 Å². The standard InChI is InChI=1S/C11H11FN2O/c12-9-5-7(1-4-11(9)15)10(6-13)14-8-2-3-8/h1,4-5,8,10,14-15H,2-3H2. The highest BCUT2D eigenvalue weighted by molar-refractivity contribution is 5.32. The summed E-state index contributed by atoms with van der Waals surface area (Å²) in [5, 5.41) is 21.0. The monoisotopic (exact) mass is 206 g/mol. The molecule has 1 atom stereocenters. The fraction of sp³-hybridized carbons (Fsp3) is 0.364. The van der Waals surface area contributed by atoms with E-state index in [2.05, 4.69) is 11.4 Å². The van der Waals surface area contributed by atoms with E-state index in [9.17, 15) is 4.39 Å².